The van der Waals surface area contributed by atoms with Gasteiger partial charge in [-0.1, -0.05) is 23.9 Å². The second kappa shape index (κ2) is 7.29. The number of Topliss-reactive ketones (excluding diaryl/α,β-unsaturated/α-hetero) is 1. The van der Waals surface area contributed by atoms with Crippen LogP contribution in [0.5, 0.6) is 0 Å². The number of hydrogen-bond acceptors (Lipinski definition) is 5. The normalized spacial score (nSPS) is 17.2. The number of ether oxygens (including phenoxy) is 1. The third-order valence-corrected chi connectivity index (χ3v) is 5.71. The summed E-state index contributed by atoms with van der Waals surface area (Å²) in [5.41, 5.74) is 4.47. The fourth-order valence-corrected chi connectivity index (χ4v) is 4.20. The number of fused-ring (bicyclic) bond motifs is 1. The van der Waals surface area contributed by atoms with E-state index in [4.69, 9.17) is 9.15 Å². The quantitative estimate of drug-likeness (QED) is 0.475. The lowest BCUT2D eigenvalue weighted by molar-refractivity contribution is 0.0957. The number of carbonyl (C=O) groups is 1. The fraction of sp³-hybridized carbons (Fsp3) is 0.400. The van der Waals surface area contributed by atoms with Gasteiger partial charge in [0.05, 0.1) is 11.9 Å². The molecule has 136 valence electrons. The maximum absolute atomic E-state index is 12.7. The lowest BCUT2D eigenvalue weighted by Gasteiger charge is -2.14. The van der Waals surface area contributed by atoms with Gasteiger partial charge >= 0.3 is 0 Å². The van der Waals surface area contributed by atoms with Crippen LogP contribution in [0.3, 0.4) is 0 Å². The van der Waals surface area contributed by atoms with E-state index in [2.05, 4.69) is 9.55 Å². The first-order chi connectivity index (χ1) is 12.6. The maximum Gasteiger partial charge on any atom is 0.257 e. The van der Waals surface area contributed by atoms with Crippen molar-refractivity contribution >= 4 is 28.6 Å². The molecule has 0 amide bonds. The molecule has 0 aliphatic carbocycles. The number of ketones is 1. The summed E-state index contributed by atoms with van der Waals surface area (Å²) in [7, 11) is 0. The Labute approximate surface area is 156 Å². The van der Waals surface area contributed by atoms with Gasteiger partial charge in [0.15, 0.2) is 11.4 Å². The molecule has 1 aromatic carbocycles. The lowest BCUT2D eigenvalue weighted by Crippen LogP contribution is -2.17. The zero-order valence-electron chi connectivity index (χ0n) is 15.0. The van der Waals surface area contributed by atoms with Crippen molar-refractivity contribution in [1.29, 1.82) is 0 Å². The molecule has 4 rings (SSSR count). The number of thioether (sulfide) groups is 1. The van der Waals surface area contributed by atoms with Crippen LogP contribution in [0.2, 0.25) is 0 Å². The molecule has 0 bridgehead atoms. The summed E-state index contributed by atoms with van der Waals surface area (Å²) in [5, 5.41) is 0.535. The first kappa shape index (κ1) is 17.4. The van der Waals surface area contributed by atoms with Crippen molar-refractivity contribution in [3.8, 4) is 0 Å². The number of oxazole rings is 1. The summed E-state index contributed by atoms with van der Waals surface area (Å²) in [4.78, 5) is 17.1. The number of aromatic nitrogens is 2. The summed E-state index contributed by atoms with van der Waals surface area (Å²) in [6.45, 7) is 5.73. The van der Waals surface area contributed by atoms with Crippen molar-refractivity contribution in [1.82, 2.24) is 9.55 Å². The van der Waals surface area contributed by atoms with Gasteiger partial charge in [-0.15, -0.1) is 0 Å². The van der Waals surface area contributed by atoms with Crippen molar-refractivity contribution in [2.45, 2.75) is 44.6 Å². The highest BCUT2D eigenvalue weighted by atomic mass is 32.2. The van der Waals surface area contributed by atoms with Crippen LogP contribution in [0.25, 0.3) is 11.1 Å². The van der Waals surface area contributed by atoms with Crippen LogP contribution in [0, 0.1) is 13.8 Å². The number of para-hydroxylation sites is 2. The van der Waals surface area contributed by atoms with Crippen LogP contribution in [-0.4, -0.2) is 33.8 Å². The van der Waals surface area contributed by atoms with Gasteiger partial charge in [-0.3, -0.25) is 4.79 Å². The minimum atomic E-state index is 0.101. The van der Waals surface area contributed by atoms with Gasteiger partial charge in [0.2, 0.25) is 0 Å². The summed E-state index contributed by atoms with van der Waals surface area (Å²) in [6.07, 6.45) is 2.47. The summed E-state index contributed by atoms with van der Waals surface area (Å²) in [5.74, 6) is 0.417. The number of carbonyl (C=O) groups excluding carboxylic acids is 1. The lowest BCUT2D eigenvalue weighted by atomic mass is 10.2. The van der Waals surface area contributed by atoms with Crippen molar-refractivity contribution in [2.75, 3.05) is 12.4 Å². The first-order valence-corrected chi connectivity index (χ1v) is 9.90. The minimum Gasteiger partial charge on any atom is -0.431 e. The van der Waals surface area contributed by atoms with Gasteiger partial charge in [-0.25, -0.2) is 4.98 Å². The van der Waals surface area contributed by atoms with E-state index in [0.29, 0.717) is 11.0 Å². The van der Waals surface area contributed by atoms with Crippen LogP contribution in [0.15, 0.2) is 40.0 Å². The Morgan fingerprint density at radius 3 is 2.96 bits per heavy atom. The molecule has 3 aromatic rings. The highest BCUT2D eigenvalue weighted by Crippen LogP contribution is 2.26. The molecule has 1 fully saturated rings. The smallest absolute Gasteiger partial charge is 0.257 e. The molecule has 5 nitrogen and oxygen atoms in total. The van der Waals surface area contributed by atoms with E-state index in [9.17, 15) is 4.79 Å². The van der Waals surface area contributed by atoms with E-state index in [1.54, 1.807) is 0 Å². The Morgan fingerprint density at radius 2 is 2.19 bits per heavy atom. The third kappa shape index (κ3) is 3.44. The van der Waals surface area contributed by atoms with Crippen molar-refractivity contribution in [3.63, 3.8) is 0 Å². The van der Waals surface area contributed by atoms with E-state index in [1.807, 2.05) is 44.2 Å². The molecule has 3 heterocycles. The van der Waals surface area contributed by atoms with Crippen LogP contribution >= 0.6 is 11.8 Å². The number of benzene rings is 1. The number of hydrogen-bond donors (Lipinski definition) is 0. The Bertz CT molecular complexity index is 905. The molecule has 0 radical (unpaired) electrons. The highest BCUT2D eigenvalue weighted by molar-refractivity contribution is 7.99. The number of rotatable bonds is 6. The van der Waals surface area contributed by atoms with Gasteiger partial charge in [0, 0.05) is 30.1 Å². The second-order valence-electron chi connectivity index (χ2n) is 6.69. The molecular weight excluding hydrogens is 348 g/mol. The zero-order valence-corrected chi connectivity index (χ0v) is 15.8. The Kier molecular flexibility index (Phi) is 4.87. The third-order valence-electron chi connectivity index (χ3n) is 4.89. The molecular formula is C20H22N2O3S. The van der Waals surface area contributed by atoms with Crippen LogP contribution in [-0.2, 0) is 11.3 Å². The predicted octanol–water partition coefficient (Wildman–Crippen LogP) is 4.40. The summed E-state index contributed by atoms with van der Waals surface area (Å²) < 4.78 is 13.6. The monoisotopic (exact) mass is 370 g/mol. The molecule has 1 aliphatic heterocycles. The summed E-state index contributed by atoms with van der Waals surface area (Å²) >= 11 is 1.34. The highest BCUT2D eigenvalue weighted by Gasteiger charge is 2.21. The zero-order chi connectivity index (χ0) is 18.1. The topological polar surface area (TPSA) is 57.3 Å². The van der Waals surface area contributed by atoms with Crippen LogP contribution in [0.4, 0.5) is 0 Å². The molecule has 2 aromatic heterocycles. The van der Waals surface area contributed by atoms with Gasteiger partial charge in [0.1, 0.15) is 5.52 Å². The van der Waals surface area contributed by atoms with E-state index < -0.39 is 0 Å². The summed E-state index contributed by atoms with van der Waals surface area (Å²) in [6, 6.07) is 9.61. The first-order valence-electron chi connectivity index (χ1n) is 8.91. The van der Waals surface area contributed by atoms with Gasteiger partial charge < -0.3 is 13.7 Å². The fourth-order valence-electron chi connectivity index (χ4n) is 3.47. The predicted molar refractivity (Wildman–Crippen MR) is 102 cm³/mol. The van der Waals surface area contributed by atoms with Crippen molar-refractivity contribution in [3.05, 3.63) is 47.3 Å². The molecule has 1 saturated heterocycles. The minimum absolute atomic E-state index is 0.101. The van der Waals surface area contributed by atoms with E-state index in [1.165, 1.54) is 11.8 Å². The molecule has 26 heavy (non-hydrogen) atoms. The van der Waals surface area contributed by atoms with E-state index >= 15 is 0 Å². The van der Waals surface area contributed by atoms with Crippen LogP contribution in [0.1, 0.15) is 34.6 Å². The molecule has 1 aliphatic rings. The average Bonchev–Trinajstić information content (AvgIpc) is 3.35. The standard InChI is InChI=1S/C20H22N2O3S/c1-13-10-16(14(2)22(13)11-15-6-5-9-24-15)18(23)12-26-20-21-17-7-3-4-8-19(17)25-20/h3-4,7-8,10,15H,5-6,9,11-12H2,1-2H3/t15-/m1/s1. The maximum atomic E-state index is 12.7. The second-order valence-corrected chi connectivity index (χ2v) is 7.62. The molecule has 1 atom stereocenters. The average molecular weight is 370 g/mol. The molecule has 0 spiro atoms. The van der Waals surface area contributed by atoms with Gasteiger partial charge in [-0.2, -0.15) is 0 Å². The molecule has 0 saturated carbocycles. The SMILES string of the molecule is Cc1cc(C(=O)CSc2nc3ccccc3o2)c(C)n1C[C@H]1CCCO1. The van der Waals surface area contributed by atoms with Crippen molar-refractivity contribution in [2.24, 2.45) is 0 Å². The van der Waals surface area contributed by atoms with Crippen LogP contribution < -0.4 is 0 Å². The van der Waals surface area contributed by atoms with E-state index in [0.717, 1.165) is 54.0 Å². The Balaban J connectivity index is 1.45. The molecule has 0 N–H and O–H groups in total. The number of nitrogens with zero attached hydrogens (tertiary/aromatic N) is 2. The number of aryl methyl sites for hydroxylation is 1. The largest absolute Gasteiger partial charge is 0.431 e. The van der Waals surface area contributed by atoms with E-state index in [-0.39, 0.29) is 11.9 Å². The Morgan fingerprint density at radius 1 is 1.35 bits per heavy atom. The van der Waals surface area contributed by atoms with Gasteiger partial charge in [-0.05, 0) is 44.9 Å². The van der Waals surface area contributed by atoms with Gasteiger partial charge in [0.25, 0.3) is 5.22 Å². The van der Waals surface area contributed by atoms with Crippen molar-refractivity contribution < 1.29 is 13.9 Å². The molecule has 6 heteroatoms. The Hall–Kier alpha value is -2.05. The molecule has 0 unspecified atom stereocenters.